The maximum atomic E-state index is 12.5. The smallest absolute Gasteiger partial charge is 0.320 e. The second kappa shape index (κ2) is 6.75. The highest BCUT2D eigenvalue weighted by atomic mass is 16.4. The van der Waals surface area contributed by atoms with Crippen LogP contribution in [0, 0.1) is 0 Å². The Balaban J connectivity index is 1.89. The maximum Gasteiger partial charge on any atom is 0.320 e. The van der Waals surface area contributed by atoms with Gasteiger partial charge in [0, 0.05) is 39.8 Å². The monoisotopic (exact) mass is 298 g/mol. The molecule has 8 nitrogen and oxygen atoms in total. The van der Waals surface area contributed by atoms with Crippen LogP contribution in [-0.2, 0) is 9.59 Å². The van der Waals surface area contributed by atoms with Crippen LogP contribution in [0.3, 0.4) is 0 Å². The number of carboxylic acid groups (broad SMARTS) is 1. The minimum absolute atomic E-state index is 0.00656. The summed E-state index contributed by atoms with van der Waals surface area (Å²) < 4.78 is 0. The third kappa shape index (κ3) is 3.63. The number of urea groups is 1. The summed E-state index contributed by atoms with van der Waals surface area (Å²) in [4.78, 5) is 40.1. The lowest BCUT2D eigenvalue weighted by molar-refractivity contribution is -0.138. The molecule has 0 aromatic rings. The fourth-order valence-corrected chi connectivity index (χ4v) is 2.91. The number of piperazine rings is 1. The Labute approximate surface area is 123 Å². The van der Waals surface area contributed by atoms with Gasteiger partial charge in [-0.05, 0) is 12.8 Å². The van der Waals surface area contributed by atoms with E-state index in [0.717, 1.165) is 6.42 Å². The number of carboxylic acids is 1. The van der Waals surface area contributed by atoms with Crippen LogP contribution in [0.25, 0.3) is 0 Å². The molecule has 3 amide bonds. The van der Waals surface area contributed by atoms with Crippen molar-refractivity contribution in [3.05, 3.63) is 0 Å². The van der Waals surface area contributed by atoms with Crippen molar-refractivity contribution < 1.29 is 19.5 Å². The van der Waals surface area contributed by atoms with Crippen LogP contribution >= 0.6 is 0 Å². The summed E-state index contributed by atoms with van der Waals surface area (Å²) >= 11 is 0. The van der Waals surface area contributed by atoms with Crippen LogP contribution < -0.4 is 5.32 Å². The molecule has 0 spiro atoms. The summed E-state index contributed by atoms with van der Waals surface area (Å²) in [7, 11) is 1.58. The molecule has 0 bridgehead atoms. The van der Waals surface area contributed by atoms with Crippen molar-refractivity contribution in [3.63, 3.8) is 0 Å². The largest absolute Gasteiger partial charge is 0.480 e. The quantitative estimate of drug-likeness (QED) is 0.698. The van der Waals surface area contributed by atoms with Gasteiger partial charge in [-0.1, -0.05) is 0 Å². The molecule has 2 heterocycles. The number of hydrogen-bond acceptors (Lipinski definition) is 4. The first kappa shape index (κ1) is 15.6. The van der Waals surface area contributed by atoms with Gasteiger partial charge in [0.05, 0.1) is 6.54 Å². The van der Waals surface area contributed by atoms with E-state index >= 15 is 0 Å². The van der Waals surface area contributed by atoms with E-state index < -0.39 is 5.97 Å². The fraction of sp³-hybridized carbons (Fsp3) is 0.769. The molecule has 2 aliphatic rings. The minimum atomic E-state index is -0.853. The van der Waals surface area contributed by atoms with Crippen molar-refractivity contribution >= 4 is 17.9 Å². The predicted octanol–water partition coefficient (Wildman–Crippen LogP) is -0.981. The number of amides is 3. The van der Waals surface area contributed by atoms with Gasteiger partial charge in [0.1, 0.15) is 6.04 Å². The summed E-state index contributed by atoms with van der Waals surface area (Å²) in [5, 5.41) is 11.4. The number of carbonyl (C=O) groups is 3. The molecule has 1 unspecified atom stereocenters. The number of likely N-dealkylation sites (N-methyl/N-ethyl adjacent to an activating group) is 1. The number of aliphatic carboxylic acids is 1. The number of rotatable bonds is 3. The highest BCUT2D eigenvalue weighted by Gasteiger charge is 2.36. The van der Waals surface area contributed by atoms with Gasteiger partial charge < -0.3 is 20.2 Å². The van der Waals surface area contributed by atoms with E-state index in [1.165, 1.54) is 0 Å². The van der Waals surface area contributed by atoms with Gasteiger partial charge in [-0.25, -0.2) is 4.79 Å². The molecule has 1 atom stereocenters. The third-order valence-corrected chi connectivity index (χ3v) is 4.05. The lowest BCUT2D eigenvalue weighted by Gasteiger charge is -2.37. The van der Waals surface area contributed by atoms with Gasteiger partial charge in [-0.15, -0.1) is 0 Å². The molecular formula is C13H22N4O4. The lowest BCUT2D eigenvalue weighted by atomic mass is 10.2. The molecule has 8 heteroatoms. The molecule has 0 saturated carbocycles. The van der Waals surface area contributed by atoms with E-state index in [9.17, 15) is 14.4 Å². The van der Waals surface area contributed by atoms with Gasteiger partial charge in [0.25, 0.3) is 0 Å². The molecule has 0 aromatic carbocycles. The summed E-state index contributed by atoms with van der Waals surface area (Å²) in [5.74, 6) is -0.973. The number of nitrogens with one attached hydrogen (secondary N) is 1. The number of carbonyl (C=O) groups excluding carboxylic acids is 2. The third-order valence-electron chi connectivity index (χ3n) is 4.05. The lowest BCUT2D eigenvalue weighted by Crippen LogP contribution is -2.56. The van der Waals surface area contributed by atoms with E-state index in [2.05, 4.69) is 5.32 Å². The van der Waals surface area contributed by atoms with Gasteiger partial charge >= 0.3 is 12.0 Å². The molecular weight excluding hydrogens is 276 g/mol. The second-order valence-corrected chi connectivity index (χ2v) is 5.41. The van der Waals surface area contributed by atoms with Crippen LogP contribution in [0.1, 0.15) is 12.8 Å². The van der Waals surface area contributed by atoms with Crippen LogP contribution in [-0.4, -0.2) is 90.1 Å². The van der Waals surface area contributed by atoms with Gasteiger partial charge in [0.2, 0.25) is 5.91 Å². The highest BCUT2D eigenvalue weighted by molar-refractivity contribution is 5.87. The Bertz CT molecular complexity index is 420. The summed E-state index contributed by atoms with van der Waals surface area (Å²) in [5.41, 5.74) is 0. The Kier molecular flexibility index (Phi) is 5.00. The van der Waals surface area contributed by atoms with Gasteiger partial charge in [-0.2, -0.15) is 0 Å². The first-order chi connectivity index (χ1) is 10.0. The average molecular weight is 298 g/mol. The Hall–Kier alpha value is -1.83. The minimum Gasteiger partial charge on any atom is -0.480 e. The summed E-state index contributed by atoms with van der Waals surface area (Å²) in [6.45, 7) is 2.72. The molecule has 118 valence electrons. The van der Waals surface area contributed by atoms with Crippen molar-refractivity contribution in [3.8, 4) is 0 Å². The zero-order valence-electron chi connectivity index (χ0n) is 12.2. The fourth-order valence-electron chi connectivity index (χ4n) is 2.91. The van der Waals surface area contributed by atoms with Crippen molar-refractivity contribution in [2.24, 2.45) is 0 Å². The first-order valence-electron chi connectivity index (χ1n) is 7.24. The van der Waals surface area contributed by atoms with Crippen molar-refractivity contribution in [2.75, 3.05) is 46.3 Å². The van der Waals surface area contributed by atoms with Crippen molar-refractivity contribution in [2.45, 2.75) is 18.9 Å². The van der Waals surface area contributed by atoms with E-state index in [1.54, 1.807) is 16.8 Å². The molecule has 0 aliphatic carbocycles. The predicted molar refractivity (Wildman–Crippen MR) is 74.8 cm³/mol. The van der Waals surface area contributed by atoms with Crippen molar-refractivity contribution in [1.29, 1.82) is 0 Å². The second-order valence-electron chi connectivity index (χ2n) is 5.41. The molecule has 2 saturated heterocycles. The van der Waals surface area contributed by atoms with Crippen molar-refractivity contribution in [1.82, 2.24) is 20.0 Å². The van der Waals surface area contributed by atoms with E-state index in [1.807, 2.05) is 4.90 Å². The van der Waals surface area contributed by atoms with E-state index in [4.69, 9.17) is 5.11 Å². The number of likely N-dealkylation sites (tertiary alicyclic amines) is 1. The summed E-state index contributed by atoms with van der Waals surface area (Å²) in [6.07, 6.45) is 1.53. The molecule has 0 radical (unpaired) electrons. The molecule has 2 aliphatic heterocycles. The molecule has 2 fully saturated rings. The topological polar surface area (TPSA) is 93.2 Å². The average Bonchev–Trinajstić information content (AvgIpc) is 2.95. The zero-order chi connectivity index (χ0) is 15.4. The molecule has 0 aromatic heterocycles. The normalized spacial score (nSPS) is 23.2. The SMILES string of the molecule is CNC(=O)C1CCCN1C(=O)N1CCN(CC(=O)O)CC1. The zero-order valence-corrected chi connectivity index (χ0v) is 12.2. The van der Waals surface area contributed by atoms with Crippen LogP contribution in [0.15, 0.2) is 0 Å². The van der Waals surface area contributed by atoms with Gasteiger partial charge in [0.15, 0.2) is 0 Å². The Morgan fingerprint density at radius 2 is 1.81 bits per heavy atom. The van der Waals surface area contributed by atoms with Crippen LogP contribution in [0.2, 0.25) is 0 Å². The van der Waals surface area contributed by atoms with E-state index in [-0.39, 0.29) is 24.5 Å². The highest BCUT2D eigenvalue weighted by Crippen LogP contribution is 2.20. The molecule has 2 N–H and O–H groups in total. The molecule has 2 rings (SSSR count). The first-order valence-corrected chi connectivity index (χ1v) is 7.24. The summed E-state index contributed by atoms with van der Waals surface area (Å²) in [6, 6.07) is -0.490. The van der Waals surface area contributed by atoms with Gasteiger partial charge in [-0.3, -0.25) is 14.5 Å². The molecule has 21 heavy (non-hydrogen) atoms. The van der Waals surface area contributed by atoms with Crippen LogP contribution in [0.4, 0.5) is 4.79 Å². The Morgan fingerprint density at radius 3 is 2.38 bits per heavy atom. The number of hydrogen-bond donors (Lipinski definition) is 2. The van der Waals surface area contributed by atoms with E-state index in [0.29, 0.717) is 39.1 Å². The maximum absolute atomic E-state index is 12.5. The number of nitrogens with zero attached hydrogens (tertiary/aromatic N) is 3. The Morgan fingerprint density at radius 1 is 1.14 bits per heavy atom. The van der Waals surface area contributed by atoms with Crippen LogP contribution in [0.5, 0.6) is 0 Å². The standard InChI is InChI=1S/C13H22N4O4/c1-14-12(20)10-3-2-4-17(10)13(21)16-7-5-15(6-8-16)9-11(18)19/h10H,2-9H2,1H3,(H,14,20)(H,18,19).